The lowest BCUT2D eigenvalue weighted by atomic mass is 9.89. The molecule has 166 valence electrons. The van der Waals surface area contributed by atoms with Gasteiger partial charge in [-0.25, -0.2) is 0 Å². The number of hydrogen-bond donors (Lipinski definition) is 4. The molecule has 1 saturated heterocycles. The second kappa shape index (κ2) is 9.81. The Hall–Kier alpha value is -2.41. The number of fused-ring (bicyclic) bond motifs is 1. The van der Waals surface area contributed by atoms with Crippen LogP contribution in [-0.2, 0) is 17.8 Å². The number of nitrogens with one attached hydrogen (secondary N) is 2. The molecular formula is C25H33N3O3. The maximum absolute atomic E-state index is 12.6. The molecule has 1 fully saturated rings. The fraction of sp³-hybridized carbons (Fsp3) is 0.480. The van der Waals surface area contributed by atoms with E-state index < -0.39 is 0 Å². The molecule has 6 nitrogen and oxygen atoms in total. The van der Waals surface area contributed by atoms with E-state index in [0.29, 0.717) is 12.6 Å². The number of aliphatic hydroxyl groups excluding tert-OH is 2. The van der Waals surface area contributed by atoms with Crippen LogP contribution in [0.1, 0.15) is 54.0 Å². The number of aryl methyl sites for hydroxylation is 2. The molecule has 1 heterocycles. The Morgan fingerprint density at radius 3 is 2.71 bits per heavy atom. The van der Waals surface area contributed by atoms with Gasteiger partial charge in [-0.15, -0.1) is 0 Å². The molecular weight excluding hydrogens is 390 g/mol. The minimum Gasteiger partial charge on any atom is -0.392 e. The van der Waals surface area contributed by atoms with Crippen LogP contribution in [0.3, 0.4) is 0 Å². The van der Waals surface area contributed by atoms with Crippen molar-refractivity contribution in [1.82, 2.24) is 4.90 Å². The maximum Gasteiger partial charge on any atom is 0.238 e. The second-order valence-electron chi connectivity index (χ2n) is 8.88. The normalized spacial score (nSPS) is 19.6. The van der Waals surface area contributed by atoms with Crippen LogP contribution in [0.5, 0.6) is 0 Å². The molecule has 0 bridgehead atoms. The summed E-state index contributed by atoms with van der Waals surface area (Å²) in [5.74, 6) is 0.00354. The number of carbonyl (C=O) groups is 1. The lowest BCUT2D eigenvalue weighted by Crippen LogP contribution is -2.42. The average molecular weight is 424 g/mol. The summed E-state index contributed by atoms with van der Waals surface area (Å²) in [6, 6.07) is 12.3. The first kappa shape index (κ1) is 21.8. The SMILES string of the molecule is Cc1ccc(NC2CCN(CC(=O)Nc3ccc4c(c3)CCCC4O)CC2)c(CO)c1. The molecule has 0 saturated carbocycles. The van der Waals surface area contributed by atoms with Gasteiger partial charge in [0.25, 0.3) is 0 Å². The quantitative estimate of drug-likeness (QED) is 0.573. The van der Waals surface area contributed by atoms with Gasteiger partial charge in [0.15, 0.2) is 0 Å². The molecule has 1 aliphatic heterocycles. The zero-order valence-corrected chi connectivity index (χ0v) is 18.2. The van der Waals surface area contributed by atoms with Crippen LogP contribution in [0.25, 0.3) is 0 Å². The summed E-state index contributed by atoms with van der Waals surface area (Å²) < 4.78 is 0. The number of hydrogen-bond acceptors (Lipinski definition) is 5. The Balaban J connectivity index is 1.26. The largest absolute Gasteiger partial charge is 0.392 e. The molecule has 1 amide bonds. The minimum atomic E-state index is -0.378. The van der Waals surface area contributed by atoms with Gasteiger partial charge in [-0.05, 0) is 68.4 Å². The highest BCUT2D eigenvalue weighted by Gasteiger charge is 2.22. The monoisotopic (exact) mass is 423 g/mol. The molecule has 31 heavy (non-hydrogen) atoms. The second-order valence-corrected chi connectivity index (χ2v) is 8.88. The standard InChI is InChI=1S/C25H33N3O3/c1-17-5-8-23(19(13-17)16-29)26-20-9-11-28(12-10-20)15-25(31)27-21-6-7-22-18(14-21)3-2-4-24(22)30/h5-8,13-14,20,24,26,29-30H,2-4,9-12,15-16H2,1H3,(H,27,31). The van der Waals surface area contributed by atoms with E-state index in [-0.39, 0.29) is 18.6 Å². The van der Waals surface area contributed by atoms with Crippen molar-refractivity contribution in [3.8, 4) is 0 Å². The van der Waals surface area contributed by atoms with E-state index in [1.165, 1.54) is 0 Å². The van der Waals surface area contributed by atoms with Crippen LogP contribution in [0.4, 0.5) is 11.4 Å². The number of benzene rings is 2. The zero-order valence-electron chi connectivity index (χ0n) is 18.2. The van der Waals surface area contributed by atoms with Crippen molar-refractivity contribution in [2.75, 3.05) is 30.3 Å². The fourth-order valence-electron chi connectivity index (χ4n) is 4.72. The highest BCUT2D eigenvalue weighted by atomic mass is 16.3. The molecule has 1 unspecified atom stereocenters. The molecule has 1 atom stereocenters. The summed E-state index contributed by atoms with van der Waals surface area (Å²) in [5, 5.41) is 26.3. The van der Waals surface area contributed by atoms with Gasteiger partial charge in [-0.3, -0.25) is 9.69 Å². The van der Waals surface area contributed by atoms with Crippen LogP contribution >= 0.6 is 0 Å². The first-order chi connectivity index (χ1) is 15.0. The van der Waals surface area contributed by atoms with Gasteiger partial charge < -0.3 is 20.8 Å². The Labute approximate surface area is 184 Å². The molecule has 4 rings (SSSR count). The summed E-state index contributed by atoms with van der Waals surface area (Å²) in [6.07, 6.45) is 4.30. The smallest absolute Gasteiger partial charge is 0.238 e. The van der Waals surface area contributed by atoms with E-state index >= 15 is 0 Å². The van der Waals surface area contributed by atoms with Crippen molar-refractivity contribution in [3.05, 3.63) is 58.7 Å². The van der Waals surface area contributed by atoms with Gasteiger partial charge >= 0.3 is 0 Å². The van der Waals surface area contributed by atoms with E-state index in [9.17, 15) is 15.0 Å². The van der Waals surface area contributed by atoms with Gasteiger partial charge in [0.1, 0.15) is 0 Å². The topological polar surface area (TPSA) is 84.8 Å². The van der Waals surface area contributed by atoms with Crippen LogP contribution in [0.15, 0.2) is 36.4 Å². The molecule has 6 heteroatoms. The molecule has 4 N–H and O–H groups in total. The van der Waals surface area contributed by atoms with Crippen molar-refractivity contribution in [2.24, 2.45) is 0 Å². The molecule has 0 aromatic heterocycles. The average Bonchev–Trinajstić information content (AvgIpc) is 2.76. The minimum absolute atomic E-state index is 0.00354. The van der Waals surface area contributed by atoms with Crippen LogP contribution in [-0.4, -0.2) is 46.7 Å². The molecule has 0 spiro atoms. The predicted molar refractivity (Wildman–Crippen MR) is 123 cm³/mol. The Morgan fingerprint density at radius 2 is 1.94 bits per heavy atom. The first-order valence-corrected chi connectivity index (χ1v) is 11.3. The number of nitrogens with zero attached hydrogens (tertiary/aromatic N) is 1. The van der Waals surface area contributed by atoms with Crippen LogP contribution in [0, 0.1) is 6.92 Å². The highest BCUT2D eigenvalue weighted by Crippen LogP contribution is 2.31. The summed E-state index contributed by atoms with van der Waals surface area (Å²) >= 11 is 0. The summed E-state index contributed by atoms with van der Waals surface area (Å²) in [6.45, 7) is 4.17. The molecule has 2 aromatic carbocycles. The Morgan fingerprint density at radius 1 is 1.13 bits per heavy atom. The predicted octanol–water partition coefficient (Wildman–Crippen LogP) is 3.37. The first-order valence-electron chi connectivity index (χ1n) is 11.3. The number of piperidine rings is 1. The van der Waals surface area contributed by atoms with Crippen molar-refractivity contribution >= 4 is 17.3 Å². The van der Waals surface area contributed by atoms with Gasteiger partial charge in [-0.1, -0.05) is 23.8 Å². The Bertz CT molecular complexity index is 922. The fourth-order valence-corrected chi connectivity index (χ4v) is 4.72. The van der Waals surface area contributed by atoms with Gasteiger partial charge in [0, 0.05) is 36.1 Å². The highest BCUT2D eigenvalue weighted by molar-refractivity contribution is 5.92. The molecule has 0 radical (unpaired) electrons. The number of likely N-dealkylation sites (tertiary alicyclic amines) is 1. The lowest BCUT2D eigenvalue weighted by Gasteiger charge is -2.32. The summed E-state index contributed by atoms with van der Waals surface area (Å²) in [7, 11) is 0. The summed E-state index contributed by atoms with van der Waals surface area (Å²) in [5.41, 5.74) is 6.02. The maximum atomic E-state index is 12.6. The number of rotatable bonds is 6. The van der Waals surface area contributed by atoms with E-state index in [1.54, 1.807) is 0 Å². The van der Waals surface area contributed by atoms with E-state index in [0.717, 1.165) is 78.8 Å². The van der Waals surface area contributed by atoms with E-state index in [1.807, 2.05) is 37.3 Å². The van der Waals surface area contributed by atoms with Crippen molar-refractivity contribution in [1.29, 1.82) is 0 Å². The third-order valence-corrected chi connectivity index (χ3v) is 6.45. The molecule has 2 aliphatic rings. The van der Waals surface area contributed by atoms with Gasteiger partial charge in [-0.2, -0.15) is 0 Å². The van der Waals surface area contributed by atoms with Crippen molar-refractivity contribution in [3.63, 3.8) is 0 Å². The Kier molecular flexibility index (Phi) is 6.90. The van der Waals surface area contributed by atoms with Gasteiger partial charge in [0.2, 0.25) is 5.91 Å². The third-order valence-electron chi connectivity index (χ3n) is 6.45. The number of amides is 1. The lowest BCUT2D eigenvalue weighted by molar-refractivity contribution is -0.117. The van der Waals surface area contributed by atoms with E-state index in [4.69, 9.17) is 0 Å². The van der Waals surface area contributed by atoms with E-state index in [2.05, 4.69) is 21.6 Å². The molecule has 2 aromatic rings. The molecule has 1 aliphatic carbocycles. The van der Waals surface area contributed by atoms with Crippen LogP contribution in [0.2, 0.25) is 0 Å². The van der Waals surface area contributed by atoms with Crippen molar-refractivity contribution in [2.45, 2.75) is 57.8 Å². The number of anilines is 2. The zero-order chi connectivity index (χ0) is 21.8. The third kappa shape index (κ3) is 5.45. The number of carbonyl (C=O) groups excluding carboxylic acids is 1. The van der Waals surface area contributed by atoms with Crippen molar-refractivity contribution < 1.29 is 15.0 Å². The van der Waals surface area contributed by atoms with Gasteiger partial charge in [0.05, 0.1) is 19.3 Å². The van der Waals surface area contributed by atoms with Crippen LogP contribution < -0.4 is 10.6 Å². The number of aliphatic hydroxyl groups is 2. The summed E-state index contributed by atoms with van der Waals surface area (Å²) in [4.78, 5) is 14.7.